The highest BCUT2D eigenvalue weighted by atomic mass is 16.5. The minimum Gasteiger partial charge on any atom is -0.487 e. The Labute approximate surface area is 146 Å². The van der Waals surface area contributed by atoms with Gasteiger partial charge in [0.1, 0.15) is 18.1 Å². The van der Waals surface area contributed by atoms with Crippen molar-refractivity contribution in [2.24, 2.45) is 0 Å². The van der Waals surface area contributed by atoms with Gasteiger partial charge in [0.25, 0.3) is 0 Å². The summed E-state index contributed by atoms with van der Waals surface area (Å²) in [5, 5.41) is 10.7. The van der Waals surface area contributed by atoms with Crippen LogP contribution in [0.15, 0.2) is 36.5 Å². The molecule has 0 bridgehead atoms. The Morgan fingerprint density at radius 2 is 2.00 bits per heavy atom. The van der Waals surface area contributed by atoms with Gasteiger partial charge in [-0.15, -0.1) is 5.10 Å². The molecule has 2 aromatic rings. The van der Waals surface area contributed by atoms with Gasteiger partial charge in [-0.2, -0.15) is 0 Å². The molecule has 8 heteroatoms. The van der Waals surface area contributed by atoms with Crippen LogP contribution in [0, 0.1) is 0 Å². The van der Waals surface area contributed by atoms with Crippen LogP contribution in [0.5, 0.6) is 5.75 Å². The number of aryl methyl sites for hydroxylation is 1. The molecular weight excluding hydrogens is 322 g/mol. The standard InChI is InChI=1S/C17H23N5O3/c1-21(2)17(24)11-18-16(23)9-6-10-22-12-14(19-20-22)13-25-15-7-4-3-5-8-15/h3-5,7-8,12H,6,9-11,13H2,1-2H3,(H,18,23). The van der Waals surface area contributed by atoms with Crippen LogP contribution in [0.4, 0.5) is 0 Å². The van der Waals surface area contributed by atoms with E-state index in [2.05, 4.69) is 15.6 Å². The van der Waals surface area contributed by atoms with Crippen molar-refractivity contribution in [3.05, 3.63) is 42.2 Å². The van der Waals surface area contributed by atoms with Gasteiger partial charge in [0.05, 0.1) is 12.7 Å². The summed E-state index contributed by atoms with van der Waals surface area (Å²) in [6, 6.07) is 9.50. The van der Waals surface area contributed by atoms with Crippen LogP contribution >= 0.6 is 0 Å². The fourth-order valence-electron chi connectivity index (χ4n) is 2.01. The molecule has 0 unspecified atom stereocenters. The maximum absolute atomic E-state index is 11.7. The SMILES string of the molecule is CN(C)C(=O)CNC(=O)CCCn1cc(COc2ccccc2)nn1. The first-order valence-electron chi connectivity index (χ1n) is 8.08. The van der Waals surface area contributed by atoms with Crippen LogP contribution in [0.25, 0.3) is 0 Å². The summed E-state index contributed by atoms with van der Waals surface area (Å²) in [5.74, 6) is 0.497. The number of benzene rings is 1. The minimum atomic E-state index is -0.150. The molecule has 2 rings (SSSR count). The molecule has 134 valence electrons. The van der Waals surface area contributed by atoms with Crippen molar-refractivity contribution in [1.82, 2.24) is 25.2 Å². The van der Waals surface area contributed by atoms with Crippen LogP contribution in [-0.2, 0) is 22.7 Å². The smallest absolute Gasteiger partial charge is 0.241 e. The number of ether oxygens (including phenoxy) is 1. The number of amides is 2. The Hall–Kier alpha value is -2.90. The number of para-hydroxylation sites is 1. The van der Waals surface area contributed by atoms with Gasteiger partial charge in [-0.1, -0.05) is 23.4 Å². The lowest BCUT2D eigenvalue weighted by atomic mass is 10.3. The van der Waals surface area contributed by atoms with Gasteiger partial charge in [-0.3, -0.25) is 14.3 Å². The van der Waals surface area contributed by atoms with Crippen molar-refractivity contribution < 1.29 is 14.3 Å². The van der Waals surface area contributed by atoms with Crippen LogP contribution in [0.2, 0.25) is 0 Å². The maximum atomic E-state index is 11.7. The van der Waals surface area contributed by atoms with Crippen LogP contribution in [-0.4, -0.2) is 52.3 Å². The molecule has 0 saturated carbocycles. The summed E-state index contributed by atoms with van der Waals surface area (Å²) in [6.45, 7) is 0.945. The van der Waals surface area contributed by atoms with E-state index in [-0.39, 0.29) is 18.4 Å². The van der Waals surface area contributed by atoms with Crippen molar-refractivity contribution in [2.75, 3.05) is 20.6 Å². The summed E-state index contributed by atoms with van der Waals surface area (Å²) in [4.78, 5) is 24.5. The molecule has 2 amide bonds. The van der Waals surface area contributed by atoms with Gasteiger partial charge in [0.2, 0.25) is 11.8 Å². The normalized spacial score (nSPS) is 10.3. The van der Waals surface area contributed by atoms with E-state index in [4.69, 9.17) is 4.74 Å². The largest absolute Gasteiger partial charge is 0.487 e. The van der Waals surface area contributed by atoms with Crippen LogP contribution < -0.4 is 10.1 Å². The second kappa shape index (κ2) is 9.41. The average molecular weight is 345 g/mol. The molecule has 1 N–H and O–H groups in total. The molecular formula is C17H23N5O3. The number of hydrogen-bond donors (Lipinski definition) is 1. The number of hydrogen-bond acceptors (Lipinski definition) is 5. The molecule has 1 aromatic carbocycles. The van der Waals surface area contributed by atoms with E-state index >= 15 is 0 Å². The first-order chi connectivity index (χ1) is 12.0. The summed E-state index contributed by atoms with van der Waals surface area (Å²) in [7, 11) is 3.30. The predicted octanol–water partition coefficient (Wildman–Crippen LogP) is 0.842. The van der Waals surface area contributed by atoms with Crippen molar-refractivity contribution in [3.8, 4) is 5.75 Å². The Bertz CT molecular complexity index is 685. The number of likely N-dealkylation sites (N-methyl/N-ethyl adjacent to an activating group) is 1. The summed E-state index contributed by atoms with van der Waals surface area (Å²) in [6.07, 6.45) is 2.75. The third kappa shape index (κ3) is 6.62. The first kappa shape index (κ1) is 18.4. The van der Waals surface area contributed by atoms with Crippen LogP contribution in [0.3, 0.4) is 0 Å². The van der Waals surface area contributed by atoms with Crippen molar-refractivity contribution >= 4 is 11.8 Å². The lowest BCUT2D eigenvalue weighted by Gasteiger charge is -2.10. The average Bonchev–Trinajstić information content (AvgIpc) is 3.06. The molecule has 0 aliphatic rings. The summed E-state index contributed by atoms with van der Waals surface area (Å²) < 4.78 is 7.29. The van der Waals surface area contributed by atoms with Gasteiger partial charge in [0.15, 0.2) is 0 Å². The Morgan fingerprint density at radius 3 is 2.72 bits per heavy atom. The number of rotatable bonds is 9. The number of aromatic nitrogens is 3. The highest BCUT2D eigenvalue weighted by Gasteiger charge is 2.07. The van der Waals surface area contributed by atoms with Crippen molar-refractivity contribution in [2.45, 2.75) is 26.0 Å². The molecule has 0 spiro atoms. The first-order valence-corrected chi connectivity index (χ1v) is 8.08. The second-order valence-corrected chi connectivity index (χ2v) is 5.74. The van der Waals surface area contributed by atoms with E-state index in [1.807, 2.05) is 30.3 Å². The predicted molar refractivity (Wildman–Crippen MR) is 91.7 cm³/mol. The number of carbonyl (C=O) groups is 2. The molecule has 1 heterocycles. The van der Waals surface area contributed by atoms with E-state index < -0.39 is 0 Å². The molecule has 25 heavy (non-hydrogen) atoms. The minimum absolute atomic E-state index is 0.0239. The molecule has 0 radical (unpaired) electrons. The monoisotopic (exact) mass is 345 g/mol. The third-order valence-corrected chi connectivity index (χ3v) is 3.44. The molecule has 0 saturated heterocycles. The fraction of sp³-hybridized carbons (Fsp3) is 0.412. The van der Waals surface area contributed by atoms with E-state index in [1.165, 1.54) is 4.90 Å². The maximum Gasteiger partial charge on any atom is 0.241 e. The lowest BCUT2D eigenvalue weighted by Crippen LogP contribution is -2.36. The number of nitrogens with zero attached hydrogens (tertiary/aromatic N) is 4. The van der Waals surface area contributed by atoms with E-state index in [0.29, 0.717) is 26.0 Å². The van der Waals surface area contributed by atoms with E-state index in [9.17, 15) is 9.59 Å². The van der Waals surface area contributed by atoms with E-state index in [0.717, 1.165) is 11.4 Å². The third-order valence-electron chi connectivity index (χ3n) is 3.44. The van der Waals surface area contributed by atoms with Gasteiger partial charge in [-0.05, 0) is 18.6 Å². The Morgan fingerprint density at radius 1 is 1.24 bits per heavy atom. The van der Waals surface area contributed by atoms with Crippen LogP contribution in [0.1, 0.15) is 18.5 Å². The molecule has 0 aliphatic carbocycles. The molecule has 0 aliphatic heterocycles. The topological polar surface area (TPSA) is 89.4 Å². The molecule has 0 fully saturated rings. The zero-order chi connectivity index (χ0) is 18.1. The van der Waals surface area contributed by atoms with Crippen molar-refractivity contribution in [3.63, 3.8) is 0 Å². The zero-order valence-electron chi connectivity index (χ0n) is 14.5. The highest BCUT2D eigenvalue weighted by molar-refractivity contribution is 5.84. The lowest BCUT2D eigenvalue weighted by molar-refractivity contribution is -0.130. The van der Waals surface area contributed by atoms with Gasteiger partial charge >= 0.3 is 0 Å². The number of carbonyl (C=O) groups excluding carboxylic acids is 2. The molecule has 8 nitrogen and oxygen atoms in total. The molecule has 1 aromatic heterocycles. The Kier molecular flexibility index (Phi) is 6.94. The fourth-order valence-corrected chi connectivity index (χ4v) is 2.01. The summed E-state index contributed by atoms with van der Waals surface area (Å²) in [5.41, 5.74) is 0.727. The number of nitrogens with one attached hydrogen (secondary N) is 1. The van der Waals surface area contributed by atoms with Gasteiger partial charge < -0.3 is 15.0 Å². The van der Waals surface area contributed by atoms with Gasteiger partial charge in [0, 0.05) is 27.1 Å². The molecule has 0 atom stereocenters. The highest BCUT2D eigenvalue weighted by Crippen LogP contribution is 2.10. The van der Waals surface area contributed by atoms with Crippen molar-refractivity contribution in [1.29, 1.82) is 0 Å². The van der Waals surface area contributed by atoms with E-state index in [1.54, 1.807) is 25.0 Å². The summed E-state index contributed by atoms with van der Waals surface area (Å²) >= 11 is 0. The zero-order valence-corrected chi connectivity index (χ0v) is 14.5. The second-order valence-electron chi connectivity index (χ2n) is 5.74. The Balaban J connectivity index is 1.65. The quantitative estimate of drug-likeness (QED) is 0.727. The van der Waals surface area contributed by atoms with Gasteiger partial charge in [-0.25, -0.2) is 0 Å².